The minimum absolute atomic E-state index is 0.114. The molecule has 3 aliphatic heterocycles. The zero-order valence-electron chi connectivity index (χ0n) is 16.3. The number of ether oxygens (including phenoxy) is 2. The van der Waals surface area contributed by atoms with Crippen molar-refractivity contribution >= 4 is 23.1 Å². The Labute approximate surface area is 168 Å². The monoisotopic (exact) mass is 394 g/mol. The first-order valence-electron chi connectivity index (χ1n) is 9.85. The van der Waals surface area contributed by atoms with Gasteiger partial charge in [0.25, 0.3) is 11.8 Å². The third-order valence-corrected chi connectivity index (χ3v) is 6.07. The summed E-state index contributed by atoms with van der Waals surface area (Å²) in [6.07, 6.45) is 7.09. The van der Waals surface area contributed by atoms with Crippen molar-refractivity contribution in [3.8, 4) is 11.5 Å². The molecule has 0 bridgehead atoms. The maximum absolute atomic E-state index is 12.7. The van der Waals surface area contributed by atoms with Crippen LogP contribution in [0.15, 0.2) is 40.3 Å². The minimum atomic E-state index is -0.648. The molecule has 0 radical (unpaired) electrons. The lowest BCUT2D eigenvalue weighted by Crippen LogP contribution is -2.42. The normalized spacial score (nSPS) is 25.8. The lowest BCUT2D eigenvalue weighted by Gasteiger charge is -2.33. The molecule has 0 spiro atoms. The number of hydrogen-bond acceptors (Lipinski definition) is 6. The minimum Gasteiger partial charge on any atom is -0.497 e. The van der Waals surface area contributed by atoms with Gasteiger partial charge < -0.3 is 19.7 Å². The number of carbonyl (C=O) groups is 2. The summed E-state index contributed by atoms with van der Waals surface area (Å²) < 4.78 is 11.8. The summed E-state index contributed by atoms with van der Waals surface area (Å²) in [4.78, 5) is 26.7. The highest BCUT2D eigenvalue weighted by Crippen LogP contribution is 2.46. The molecule has 2 atom stereocenters. The molecule has 0 saturated heterocycles. The summed E-state index contributed by atoms with van der Waals surface area (Å²) in [5.41, 5.74) is 2.84. The lowest BCUT2D eigenvalue weighted by atomic mass is 9.89. The molecule has 1 saturated carbocycles. The van der Waals surface area contributed by atoms with Crippen LogP contribution >= 0.6 is 0 Å². The fourth-order valence-corrected chi connectivity index (χ4v) is 4.54. The second-order valence-corrected chi connectivity index (χ2v) is 7.83. The van der Waals surface area contributed by atoms with Gasteiger partial charge in [0, 0.05) is 41.9 Å². The van der Waals surface area contributed by atoms with E-state index in [0.717, 1.165) is 42.4 Å². The Kier molecular flexibility index (Phi) is 4.15. The van der Waals surface area contributed by atoms with Crippen LogP contribution in [0.1, 0.15) is 31.2 Å². The van der Waals surface area contributed by atoms with Gasteiger partial charge in [-0.2, -0.15) is 10.2 Å². The van der Waals surface area contributed by atoms with Crippen molar-refractivity contribution in [2.45, 2.75) is 37.8 Å². The Morgan fingerprint density at radius 1 is 1.24 bits per heavy atom. The van der Waals surface area contributed by atoms with Crippen LogP contribution in [0.25, 0.3) is 5.57 Å². The first-order chi connectivity index (χ1) is 14.1. The van der Waals surface area contributed by atoms with E-state index in [-0.39, 0.29) is 17.7 Å². The standard InChI is InChI=1S/C21H22N4O4/c1-25-10-15(14-9-22-24-17(14)21(25)27)13-7-12(28-2)8-16-19(13)29-18(20(26)23-16)11-5-3-4-6-11/h7-11,17-18H,3-6H2,1-2H3,(H,23,26)/t17?,18-/m0/s1. The summed E-state index contributed by atoms with van der Waals surface area (Å²) in [6.45, 7) is 0. The van der Waals surface area contributed by atoms with Gasteiger partial charge >= 0.3 is 0 Å². The zero-order chi connectivity index (χ0) is 20.1. The Morgan fingerprint density at radius 3 is 2.79 bits per heavy atom. The Bertz CT molecular complexity index is 991. The molecule has 5 rings (SSSR count). The summed E-state index contributed by atoms with van der Waals surface area (Å²) in [6, 6.07) is 2.98. The van der Waals surface area contributed by atoms with Crippen molar-refractivity contribution in [3.63, 3.8) is 0 Å². The molecule has 0 aromatic heterocycles. The van der Waals surface area contributed by atoms with Crippen LogP contribution in [0.5, 0.6) is 11.5 Å². The number of methoxy groups -OCH3 is 1. The van der Waals surface area contributed by atoms with E-state index in [0.29, 0.717) is 17.2 Å². The average molecular weight is 394 g/mol. The van der Waals surface area contributed by atoms with Gasteiger partial charge in [0.15, 0.2) is 17.9 Å². The van der Waals surface area contributed by atoms with Crippen molar-refractivity contribution in [2.24, 2.45) is 16.1 Å². The van der Waals surface area contributed by atoms with E-state index >= 15 is 0 Å². The summed E-state index contributed by atoms with van der Waals surface area (Å²) >= 11 is 0. The quantitative estimate of drug-likeness (QED) is 0.853. The number of rotatable bonds is 3. The topological polar surface area (TPSA) is 92.6 Å². The van der Waals surface area contributed by atoms with E-state index in [1.807, 2.05) is 6.07 Å². The summed E-state index contributed by atoms with van der Waals surface area (Å²) in [7, 11) is 3.27. The molecule has 8 heteroatoms. The van der Waals surface area contributed by atoms with Crippen molar-refractivity contribution in [1.82, 2.24) is 4.90 Å². The van der Waals surface area contributed by atoms with E-state index in [1.54, 1.807) is 32.6 Å². The zero-order valence-corrected chi connectivity index (χ0v) is 16.3. The molecular formula is C21H22N4O4. The number of benzene rings is 1. The molecule has 1 N–H and O–H groups in total. The van der Waals surface area contributed by atoms with Crippen molar-refractivity contribution in [2.75, 3.05) is 19.5 Å². The molecule has 1 aromatic carbocycles. The highest BCUT2D eigenvalue weighted by molar-refractivity contribution is 6.03. The second kappa shape index (κ2) is 6.72. The number of hydrogen-bond donors (Lipinski definition) is 1. The van der Waals surface area contributed by atoms with Gasteiger partial charge in [-0.1, -0.05) is 12.8 Å². The van der Waals surface area contributed by atoms with Crippen LogP contribution in [0.4, 0.5) is 5.69 Å². The average Bonchev–Trinajstić information content (AvgIpc) is 3.41. The number of azo groups is 1. The Balaban J connectivity index is 1.62. The number of anilines is 1. The third-order valence-electron chi connectivity index (χ3n) is 6.07. The molecule has 8 nitrogen and oxygen atoms in total. The van der Waals surface area contributed by atoms with Crippen LogP contribution in [-0.2, 0) is 9.59 Å². The van der Waals surface area contributed by atoms with Gasteiger partial charge in [0.1, 0.15) is 5.75 Å². The van der Waals surface area contributed by atoms with E-state index in [1.165, 1.54) is 4.90 Å². The number of nitrogens with one attached hydrogen (secondary N) is 1. The highest BCUT2D eigenvalue weighted by Gasteiger charge is 2.40. The molecule has 3 heterocycles. The molecule has 2 amide bonds. The van der Waals surface area contributed by atoms with Crippen LogP contribution in [0.2, 0.25) is 0 Å². The van der Waals surface area contributed by atoms with Crippen molar-refractivity contribution in [1.29, 1.82) is 0 Å². The van der Waals surface area contributed by atoms with Crippen LogP contribution in [0, 0.1) is 5.92 Å². The fourth-order valence-electron chi connectivity index (χ4n) is 4.54. The first kappa shape index (κ1) is 17.9. The van der Waals surface area contributed by atoms with E-state index in [9.17, 15) is 9.59 Å². The molecular weight excluding hydrogens is 372 g/mol. The van der Waals surface area contributed by atoms with Crippen molar-refractivity contribution < 1.29 is 19.1 Å². The second-order valence-electron chi connectivity index (χ2n) is 7.83. The molecule has 1 fully saturated rings. The van der Waals surface area contributed by atoms with Crippen LogP contribution in [0.3, 0.4) is 0 Å². The number of amides is 2. The largest absolute Gasteiger partial charge is 0.497 e. The molecule has 4 aliphatic rings. The molecule has 1 aromatic rings. The van der Waals surface area contributed by atoms with Gasteiger partial charge in [-0.3, -0.25) is 9.59 Å². The number of likely N-dealkylation sites (N-methyl/N-ethyl adjacent to an activating group) is 1. The smallest absolute Gasteiger partial charge is 0.265 e. The van der Waals surface area contributed by atoms with Crippen molar-refractivity contribution in [3.05, 3.63) is 35.7 Å². The Morgan fingerprint density at radius 2 is 2.03 bits per heavy atom. The molecule has 29 heavy (non-hydrogen) atoms. The predicted molar refractivity (Wildman–Crippen MR) is 105 cm³/mol. The van der Waals surface area contributed by atoms with Gasteiger partial charge in [-0.25, -0.2) is 0 Å². The number of nitrogens with zero attached hydrogens (tertiary/aromatic N) is 3. The molecule has 1 aliphatic carbocycles. The third kappa shape index (κ3) is 2.82. The van der Waals surface area contributed by atoms with Crippen LogP contribution in [-0.4, -0.2) is 43.0 Å². The molecule has 150 valence electrons. The lowest BCUT2D eigenvalue weighted by molar-refractivity contribution is -0.128. The maximum atomic E-state index is 12.7. The van der Waals surface area contributed by atoms with Crippen LogP contribution < -0.4 is 14.8 Å². The number of carbonyl (C=O) groups excluding carboxylic acids is 2. The SMILES string of the molecule is COc1cc2c(c(C3=CN(C)C(=O)C4N=NC=C34)c1)O[C@@H](C1CCCC1)C(=O)N2. The van der Waals surface area contributed by atoms with E-state index in [2.05, 4.69) is 15.5 Å². The summed E-state index contributed by atoms with van der Waals surface area (Å²) in [5, 5.41) is 11.0. The predicted octanol–water partition coefficient (Wildman–Crippen LogP) is 3.12. The summed E-state index contributed by atoms with van der Waals surface area (Å²) in [5.74, 6) is 1.16. The van der Waals surface area contributed by atoms with Gasteiger partial charge in [0.05, 0.1) is 19.0 Å². The maximum Gasteiger partial charge on any atom is 0.265 e. The van der Waals surface area contributed by atoms with Gasteiger partial charge in [-0.05, 0) is 18.9 Å². The highest BCUT2D eigenvalue weighted by atomic mass is 16.5. The molecule has 1 unspecified atom stereocenters. The fraction of sp³-hybridized carbons (Fsp3) is 0.429. The first-order valence-corrected chi connectivity index (χ1v) is 9.85. The van der Waals surface area contributed by atoms with E-state index < -0.39 is 12.1 Å². The Hall–Kier alpha value is -3.16. The van der Waals surface area contributed by atoms with E-state index in [4.69, 9.17) is 9.47 Å². The van der Waals surface area contributed by atoms with Gasteiger partial charge in [-0.15, -0.1) is 0 Å². The van der Waals surface area contributed by atoms with Gasteiger partial charge in [0.2, 0.25) is 0 Å². The number of fused-ring (bicyclic) bond motifs is 2.